The van der Waals surface area contributed by atoms with Gasteiger partial charge in [0.2, 0.25) is 5.91 Å². The van der Waals surface area contributed by atoms with Crippen LogP contribution in [0.1, 0.15) is 21.5 Å². The standard InChI is InChI=1S/C26H22ClFN6O3/c27-22-11-12-23(34-16-30-32-33-34)21(25(22)28)10-13-24(35)31-20(14-17-4-2-1-3-5-17)15-29-19-8-6-18(7-9-19)26(36)37/h1-13,16,20,29H,14-15H2,(H,31,35)(H,36,37)/b13-10+. The van der Waals surface area contributed by atoms with Crippen molar-refractivity contribution in [3.63, 3.8) is 0 Å². The molecule has 1 unspecified atom stereocenters. The molecule has 1 amide bonds. The van der Waals surface area contributed by atoms with Crippen LogP contribution in [0.2, 0.25) is 5.02 Å². The van der Waals surface area contributed by atoms with Crippen molar-refractivity contribution in [1.82, 2.24) is 25.5 Å². The summed E-state index contributed by atoms with van der Waals surface area (Å²) in [6.07, 6.45) is 4.39. The van der Waals surface area contributed by atoms with Gasteiger partial charge in [0, 0.05) is 23.9 Å². The molecule has 4 rings (SSSR count). The number of nitrogens with zero attached hydrogens (tertiary/aromatic N) is 4. The summed E-state index contributed by atoms with van der Waals surface area (Å²) in [5.74, 6) is -2.15. The molecule has 3 aromatic carbocycles. The Kier molecular flexibility index (Phi) is 8.22. The van der Waals surface area contributed by atoms with Gasteiger partial charge in [-0.15, -0.1) is 5.10 Å². The molecule has 188 valence electrons. The van der Waals surface area contributed by atoms with Crippen LogP contribution in [0.5, 0.6) is 0 Å². The number of nitrogens with one attached hydrogen (secondary N) is 2. The molecule has 0 aliphatic carbocycles. The van der Waals surface area contributed by atoms with Gasteiger partial charge in [-0.2, -0.15) is 4.68 Å². The average Bonchev–Trinajstić information content (AvgIpc) is 3.44. The summed E-state index contributed by atoms with van der Waals surface area (Å²) in [4.78, 5) is 23.9. The maximum absolute atomic E-state index is 14.8. The van der Waals surface area contributed by atoms with Crippen molar-refractivity contribution in [2.75, 3.05) is 11.9 Å². The Morgan fingerprint density at radius 1 is 1.08 bits per heavy atom. The largest absolute Gasteiger partial charge is 0.478 e. The van der Waals surface area contributed by atoms with Crippen molar-refractivity contribution in [2.24, 2.45) is 0 Å². The van der Waals surface area contributed by atoms with E-state index < -0.39 is 17.7 Å². The van der Waals surface area contributed by atoms with E-state index >= 15 is 0 Å². The fourth-order valence-electron chi connectivity index (χ4n) is 3.64. The molecule has 0 bridgehead atoms. The van der Waals surface area contributed by atoms with Gasteiger partial charge in [0.25, 0.3) is 0 Å². The number of aromatic carboxylic acids is 1. The number of carbonyl (C=O) groups excluding carboxylic acids is 1. The number of aromatic nitrogens is 4. The summed E-state index contributed by atoms with van der Waals surface area (Å²) in [7, 11) is 0. The zero-order valence-corrected chi connectivity index (χ0v) is 20.1. The second-order valence-corrected chi connectivity index (χ2v) is 8.45. The number of carboxylic acids is 1. The number of anilines is 1. The van der Waals surface area contributed by atoms with Crippen LogP contribution < -0.4 is 10.6 Å². The molecule has 4 aromatic rings. The van der Waals surface area contributed by atoms with Gasteiger partial charge in [-0.25, -0.2) is 9.18 Å². The molecular formula is C26H22ClFN6O3. The van der Waals surface area contributed by atoms with Crippen LogP contribution in [0.15, 0.2) is 79.1 Å². The van der Waals surface area contributed by atoms with Gasteiger partial charge in [-0.1, -0.05) is 41.9 Å². The third-order valence-corrected chi connectivity index (χ3v) is 5.75. The zero-order chi connectivity index (χ0) is 26.2. The van der Waals surface area contributed by atoms with Crippen molar-refractivity contribution in [3.05, 3.63) is 107 Å². The predicted octanol–water partition coefficient (Wildman–Crippen LogP) is 4.01. The predicted molar refractivity (Wildman–Crippen MR) is 137 cm³/mol. The summed E-state index contributed by atoms with van der Waals surface area (Å²) in [6, 6.07) is 18.6. The lowest BCUT2D eigenvalue weighted by Crippen LogP contribution is -2.40. The van der Waals surface area contributed by atoms with Gasteiger partial charge in [0.15, 0.2) is 5.82 Å². The molecule has 1 atom stereocenters. The van der Waals surface area contributed by atoms with Gasteiger partial charge in [0.1, 0.15) is 6.33 Å². The minimum absolute atomic E-state index is 0.0613. The monoisotopic (exact) mass is 520 g/mol. The molecule has 37 heavy (non-hydrogen) atoms. The third kappa shape index (κ3) is 6.77. The summed E-state index contributed by atoms with van der Waals surface area (Å²) < 4.78 is 16.1. The van der Waals surface area contributed by atoms with E-state index in [1.807, 2.05) is 30.3 Å². The lowest BCUT2D eigenvalue weighted by molar-refractivity contribution is -0.117. The quantitative estimate of drug-likeness (QED) is 0.270. The number of rotatable bonds is 10. The van der Waals surface area contributed by atoms with E-state index in [0.717, 1.165) is 5.56 Å². The highest BCUT2D eigenvalue weighted by Gasteiger charge is 2.15. The lowest BCUT2D eigenvalue weighted by Gasteiger charge is -2.20. The number of tetrazole rings is 1. The summed E-state index contributed by atoms with van der Waals surface area (Å²) in [6.45, 7) is 0.363. The zero-order valence-electron chi connectivity index (χ0n) is 19.4. The SMILES string of the molecule is O=C(/C=C/c1c(-n2cnnn2)ccc(Cl)c1F)NC(CNc1ccc(C(=O)O)cc1)Cc1ccccc1. The number of amides is 1. The molecule has 0 saturated heterocycles. The Morgan fingerprint density at radius 3 is 2.51 bits per heavy atom. The van der Waals surface area contributed by atoms with Crippen molar-refractivity contribution < 1.29 is 19.1 Å². The highest BCUT2D eigenvalue weighted by molar-refractivity contribution is 6.31. The molecule has 0 aliphatic rings. The number of carboxylic acid groups (broad SMARTS) is 1. The van der Waals surface area contributed by atoms with Gasteiger partial charge in [-0.05, 0) is 64.9 Å². The molecular weight excluding hydrogens is 499 g/mol. The van der Waals surface area contributed by atoms with Gasteiger partial charge < -0.3 is 15.7 Å². The van der Waals surface area contributed by atoms with E-state index in [0.29, 0.717) is 24.3 Å². The first-order valence-corrected chi connectivity index (χ1v) is 11.6. The number of hydrogen-bond donors (Lipinski definition) is 3. The van der Waals surface area contributed by atoms with E-state index in [9.17, 15) is 14.0 Å². The summed E-state index contributed by atoms with van der Waals surface area (Å²) in [5.41, 5.74) is 2.29. The molecule has 0 fully saturated rings. The number of carbonyl (C=O) groups is 2. The van der Waals surface area contributed by atoms with Crippen LogP contribution in [-0.4, -0.2) is 49.8 Å². The normalized spacial score (nSPS) is 11.8. The van der Waals surface area contributed by atoms with Crippen molar-refractivity contribution >= 4 is 35.2 Å². The third-order valence-electron chi connectivity index (χ3n) is 5.46. The van der Waals surface area contributed by atoms with Crippen LogP contribution >= 0.6 is 11.6 Å². The average molecular weight is 521 g/mol. The lowest BCUT2D eigenvalue weighted by atomic mass is 10.1. The van der Waals surface area contributed by atoms with Crippen LogP contribution in [0.3, 0.4) is 0 Å². The van der Waals surface area contributed by atoms with Crippen LogP contribution in [0, 0.1) is 5.82 Å². The maximum Gasteiger partial charge on any atom is 0.335 e. The topological polar surface area (TPSA) is 122 Å². The Morgan fingerprint density at radius 2 is 1.84 bits per heavy atom. The van der Waals surface area contributed by atoms with Gasteiger partial charge in [0.05, 0.1) is 22.3 Å². The van der Waals surface area contributed by atoms with Crippen LogP contribution in [-0.2, 0) is 11.2 Å². The highest BCUT2D eigenvalue weighted by atomic mass is 35.5. The molecule has 11 heteroatoms. The fourth-order valence-corrected chi connectivity index (χ4v) is 3.80. The van der Waals surface area contributed by atoms with Crippen molar-refractivity contribution in [3.8, 4) is 5.69 Å². The van der Waals surface area contributed by atoms with E-state index in [1.54, 1.807) is 18.2 Å². The second-order valence-electron chi connectivity index (χ2n) is 8.04. The molecule has 0 saturated carbocycles. The minimum Gasteiger partial charge on any atom is -0.478 e. The molecule has 0 radical (unpaired) electrons. The molecule has 0 spiro atoms. The highest BCUT2D eigenvalue weighted by Crippen LogP contribution is 2.25. The Hall–Kier alpha value is -4.57. The van der Waals surface area contributed by atoms with E-state index in [2.05, 4.69) is 26.2 Å². The molecule has 9 nitrogen and oxygen atoms in total. The number of benzene rings is 3. The maximum atomic E-state index is 14.8. The van der Waals surface area contributed by atoms with Crippen molar-refractivity contribution in [2.45, 2.75) is 12.5 Å². The first-order valence-electron chi connectivity index (χ1n) is 11.2. The summed E-state index contributed by atoms with van der Waals surface area (Å²) in [5, 5.41) is 26.0. The molecule has 1 aromatic heterocycles. The van der Waals surface area contributed by atoms with E-state index in [1.165, 1.54) is 41.4 Å². The number of hydrogen-bond acceptors (Lipinski definition) is 6. The smallest absolute Gasteiger partial charge is 0.335 e. The Labute approximate surface area is 216 Å². The van der Waals surface area contributed by atoms with E-state index in [4.69, 9.17) is 16.7 Å². The van der Waals surface area contributed by atoms with Gasteiger partial charge >= 0.3 is 5.97 Å². The molecule has 1 heterocycles. The Bertz CT molecular complexity index is 1400. The Balaban J connectivity index is 1.50. The van der Waals surface area contributed by atoms with Crippen LogP contribution in [0.25, 0.3) is 11.8 Å². The first-order chi connectivity index (χ1) is 17.9. The van der Waals surface area contributed by atoms with Gasteiger partial charge in [-0.3, -0.25) is 4.79 Å². The molecule has 0 aliphatic heterocycles. The van der Waals surface area contributed by atoms with E-state index in [-0.39, 0.29) is 22.2 Å². The number of halogens is 2. The first kappa shape index (κ1) is 25.5. The summed E-state index contributed by atoms with van der Waals surface area (Å²) >= 11 is 5.95. The van der Waals surface area contributed by atoms with Crippen LogP contribution in [0.4, 0.5) is 10.1 Å². The fraction of sp³-hybridized carbons (Fsp3) is 0.115. The second kappa shape index (κ2) is 11.9. The molecule has 3 N–H and O–H groups in total. The minimum atomic E-state index is -1.01. The van der Waals surface area contributed by atoms with Crippen molar-refractivity contribution in [1.29, 1.82) is 0 Å².